The van der Waals surface area contributed by atoms with Gasteiger partial charge in [-0.3, -0.25) is 9.59 Å². The van der Waals surface area contributed by atoms with Crippen LogP contribution in [0.4, 0.5) is 0 Å². The number of carbonyl (C=O) groups excluding carboxylic acids is 2. The summed E-state index contributed by atoms with van der Waals surface area (Å²) >= 11 is 0. The summed E-state index contributed by atoms with van der Waals surface area (Å²) < 4.78 is 0. The summed E-state index contributed by atoms with van der Waals surface area (Å²) in [6, 6.07) is -0.669. The van der Waals surface area contributed by atoms with Gasteiger partial charge in [0, 0.05) is 33.0 Å². The fourth-order valence-electron chi connectivity index (χ4n) is 1.77. The van der Waals surface area contributed by atoms with Gasteiger partial charge in [-0.25, -0.2) is 0 Å². The van der Waals surface area contributed by atoms with Gasteiger partial charge in [0.1, 0.15) is 6.04 Å². The van der Waals surface area contributed by atoms with Crippen LogP contribution in [0.5, 0.6) is 0 Å². The summed E-state index contributed by atoms with van der Waals surface area (Å²) in [4.78, 5) is 22.5. The Morgan fingerprint density at radius 1 is 1.47 bits per heavy atom. The molecule has 0 bridgehead atoms. The van der Waals surface area contributed by atoms with Gasteiger partial charge in [-0.15, -0.1) is 0 Å². The number of amides is 2. The number of rotatable bonds is 3. The second kappa shape index (κ2) is 5.09. The van der Waals surface area contributed by atoms with Gasteiger partial charge in [-0.05, 0) is 0 Å². The predicted molar refractivity (Wildman–Crippen MR) is 54.0 cm³/mol. The molecule has 0 radical (unpaired) electrons. The third-order valence-electron chi connectivity index (χ3n) is 2.54. The number of hydrogen-bond acceptors (Lipinski definition) is 4. The van der Waals surface area contributed by atoms with Crippen molar-refractivity contribution >= 4 is 11.8 Å². The van der Waals surface area contributed by atoms with Crippen LogP contribution in [0.3, 0.4) is 0 Å². The SMILES string of the molecule is CNC(=O)C(NC(C)=O)C1CNCC1O. The minimum atomic E-state index is -0.669. The van der Waals surface area contributed by atoms with Gasteiger partial charge in [0.15, 0.2) is 0 Å². The van der Waals surface area contributed by atoms with Crippen LogP contribution in [0.25, 0.3) is 0 Å². The highest BCUT2D eigenvalue weighted by atomic mass is 16.3. The standard InChI is InChI=1S/C9H17N3O3/c1-5(13)12-8(9(15)10-2)6-3-11-4-7(6)14/h6-8,11,14H,3-4H2,1-2H3,(H,10,15)(H,12,13). The van der Waals surface area contributed by atoms with Crippen LogP contribution in [-0.4, -0.2) is 49.2 Å². The molecule has 0 aliphatic carbocycles. The smallest absolute Gasteiger partial charge is 0.242 e. The Kier molecular flexibility index (Phi) is 4.05. The van der Waals surface area contributed by atoms with Crippen molar-refractivity contribution < 1.29 is 14.7 Å². The van der Waals surface area contributed by atoms with Crippen molar-refractivity contribution in [2.24, 2.45) is 5.92 Å². The molecule has 0 aromatic rings. The first-order chi connectivity index (χ1) is 7.06. The summed E-state index contributed by atoms with van der Waals surface area (Å²) in [5, 5.41) is 17.6. The molecule has 6 nitrogen and oxygen atoms in total. The Labute approximate surface area is 88.4 Å². The van der Waals surface area contributed by atoms with Crippen LogP contribution in [-0.2, 0) is 9.59 Å². The molecule has 0 saturated carbocycles. The second-order valence-electron chi connectivity index (χ2n) is 3.68. The maximum Gasteiger partial charge on any atom is 0.242 e. The van der Waals surface area contributed by atoms with Gasteiger partial charge in [0.05, 0.1) is 6.10 Å². The average Bonchev–Trinajstić information content (AvgIpc) is 2.59. The maximum atomic E-state index is 11.5. The molecule has 6 heteroatoms. The molecule has 0 spiro atoms. The molecule has 1 fully saturated rings. The molecular formula is C9H17N3O3. The maximum absolute atomic E-state index is 11.5. The highest BCUT2D eigenvalue weighted by molar-refractivity contribution is 5.87. The molecule has 3 atom stereocenters. The fourth-order valence-corrected chi connectivity index (χ4v) is 1.77. The zero-order valence-electron chi connectivity index (χ0n) is 8.91. The van der Waals surface area contributed by atoms with Gasteiger partial charge in [-0.1, -0.05) is 0 Å². The topological polar surface area (TPSA) is 90.5 Å². The van der Waals surface area contributed by atoms with Crippen molar-refractivity contribution in [2.45, 2.75) is 19.1 Å². The molecule has 0 aromatic heterocycles. The van der Waals surface area contributed by atoms with Crippen LogP contribution >= 0.6 is 0 Å². The van der Waals surface area contributed by atoms with Crippen molar-refractivity contribution in [2.75, 3.05) is 20.1 Å². The van der Waals surface area contributed by atoms with E-state index in [9.17, 15) is 14.7 Å². The van der Waals surface area contributed by atoms with Crippen molar-refractivity contribution in [3.63, 3.8) is 0 Å². The van der Waals surface area contributed by atoms with E-state index in [1.54, 1.807) is 0 Å². The third kappa shape index (κ3) is 2.90. The number of likely N-dealkylation sites (N-methyl/N-ethyl adjacent to an activating group) is 1. The summed E-state index contributed by atoms with van der Waals surface area (Å²) in [7, 11) is 1.51. The van der Waals surface area contributed by atoms with Gasteiger partial charge < -0.3 is 21.1 Å². The van der Waals surface area contributed by atoms with Crippen LogP contribution < -0.4 is 16.0 Å². The largest absolute Gasteiger partial charge is 0.391 e. The van der Waals surface area contributed by atoms with Crippen molar-refractivity contribution in [1.29, 1.82) is 0 Å². The Morgan fingerprint density at radius 2 is 2.13 bits per heavy atom. The lowest BCUT2D eigenvalue weighted by molar-refractivity contribution is -0.129. The first-order valence-electron chi connectivity index (χ1n) is 4.93. The Morgan fingerprint density at radius 3 is 2.53 bits per heavy atom. The molecule has 1 rings (SSSR count). The van der Waals surface area contributed by atoms with E-state index in [1.165, 1.54) is 14.0 Å². The van der Waals surface area contributed by atoms with E-state index < -0.39 is 12.1 Å². The Balaban J connectivity index is 2.70. The third-order valence-corrected chi connectivity index (χ3v) is 2.54. The monoisotopic (exact) mass is 215 g/mol. The van der Waals surface area contributed by atoms with E-state index in [0.29, 0.717) is 13.1 Å². The molecule has 1 aliphatic heterocycles. The first kappa shape index (κ1) is 11.9. The lowest BCUT2D eigenvalue weighted by Crippen LogP contribution is -2.52. The summed E-state index contributed by atoms with van der Waals surface area (Å²) in [5.74, 6) is -0.825. The molecule has 4 N–H and O–H groups in total. The van der Waals surface area contributed by atoms with Crippen LogP contribution in [0.15, 0.2) is 0 Å². The van der Waals surface area contributed by atoms with Gasteiger partial charge >= 0.3 is 0 Å². The zero-order valence-corrected chi connectivity index (χ0v) is 8.91. The molecule has 1 aliphatic rings. The molecular weight excluding hydrogens is 198 g/mol. The fraction of sp³-hybridized carbons (Fsp3) is 0.778. The molecule has 1 saturated heterocycles. The molecule has 15 heavy (non-hydrogen) atoms. The Bertz CT molecular complexity index is 257. The minimum Gasteiger partial charge on any atom is -0.391 e. The number of nitrogens with one attached hydrogen (secondary N) is 3. The lowest BCUT2D eigenvalue weighted by Gasteiger charge is -2.24. The van der Waals surface area contributed by atoms with Crippen LogP contribution in [0.2, 0.25) is 0 Å². The molecule has 2 amide bonds. The van der Waals surface area contributed by atoms with Crippen LogP contribution in [0.1, 0.15) is 6.92 Å². The molecule has 0 aromatic carbocycles. The van der Waals surface area contributed by atoms with E-state index in [0.717, 1.165) is 0 Å². The second-order valence-corrected chi connectivity index (χ2v) is 3.68. The summed E-state index contributed by atoms with van der Waals surface area (Å²) in [5.41, 5.74) is 0. The first-order valence-corrected chi connectivity index (χ1v) is 4.93. The van der Waals surface area contributed by atoms with Gasteiger partial charge in [0.2, 0.25) is 11.8 Å². The van der Waals surface area contributed by atoms with Crippen molar-refractivity contribution in [3.8, 4) is 0 Å². The number of aliphatic hydroxyl groups is 1. The highest BCUT2D eigenvalue weighted by Gasteiger charge is 2.36. The summed E-state index contributed by atoms with van der Waals surface area (Å²) in [6.07, 6.45) is -0.598. The summed E-state index contributed by atoms with van der Waals surface area (Å²) in [6.45, 7) is 2.34. The van der Waals surface area contributed by atoms with E-state index in [1.807, 2.05) is 0 Å². The van der Waals surface area contributed by atoms with E-state index in [4.69, 9.17) is 0 Å². The highest BCUT2D eigenvalue weighted by Crippen LogP contribution is 2.14. The van der Waals surface area contributed by atoms with E-state index >= 15 is 0 Å². The quantitative estimate of drug-likeness (QED) is 0.431. The number of carbonyl (C=O) groups is 2. The van der Waals surface area contributed by atoms with E-state index in [2.05, 4.69) is 16.0 Å². The normalized spacial score (nSPS) is 27.1. The average molecular weight is 215 g/mol. The lowest BCUT2D eigenvalue weighted by atomic mass is 9.95. The number of aliphatic hydroxyl groups excluding tert-OH is 1. The van der Waals surface area contributed by atoms with Crippen LogP contribution in [0, 0.1) is 5.92 Å². The van der Waals surface area contributed by atoms with Gasteiger partial charge in [-0.2, -0.15) is 0 Å². The molecule has 86 valence electrons. The zero-order chi connectivity index (χ0) is 11.4. The van der Waals surface area contributed by atoms with Gasteiger partial charge in [0.25, 0.3) is 0 Å². The molecule has 3 unspecified atom stereocenters. The minimum absolute atomic E-state index is 0.270. The molecule has 1 heterocycles. The predicted octanol–water partition coefficient (Wildman–Crippen LogP) is -2.18. The Hall–Kier alpha value is -1.14. The number of hydrogen-bond donors (Lipinski definition) is 4. The van der Waals surface area contributed by atoms with E-state index in [-0.39, 0.29) is 17.7 Å². The number of β-amino-alcohol motifs (C(OH)–C–C–N with tert-alkyl or cyclic N) is 1. The van der Waals surface area contributed by atoms with Crippen molar-refractivity contribution in [3.05, 3.63) is 0 Å². The van der Waals surface area contributed by atoms with Crippen molar-refractivity contribution in [1.82, 2.24) is 16.0 Å².